The topological polar surface area (TPSA) is 89.7 Å². The van der Waals surface area contributed by atoms with Crippen molar-refractivity contribution in [3.8, 4) is 11.5 Å². The number of halogens is 2. The summed E-state index contributed by atoms with van der Waals surface area (Å²) in [5, 5.41) is 19.4. The molecule has 0 aliphatic heterocycles. The minimum atomic E-state index is -1.10. The number of aromatic carboxylic acids is 1. The van der Waals surface area contributed by atoms with Gasteiger partial charge in [-0.15, -0.1) is 0 Å². The monoisotopic (exact) mass is 355 g/mol. The summed E-state index contributed by atoms with van der Waals surface area (Å²) in [7, 11) is 0. The lowest BCUT2D eigenvalue weighted by Crippen LogP contribution is -1.97. The summed E-state index contributed by atoms with van der Waals surface area (Å²) in [5.41, 5.74) is -0.595. The second kappa shape index (κ2) is 5.88. The summed E-state index contributed by atoms with van der Waals surface area (Å²) in [6.45, 7) is 0. The average Bonchev–Trinajstić information content (AvgIpc) is 2.37. The molecule has 108 valence electrons. The highest BCUT2D eigenvalue weighted by Crippen LogP contribution is 2.29. The fourth-order valence-electron chi connectivity index (χ4n) is 1.57. The Labute approximate surface area is 126 Å². The second-order valence-corrected chi connectivity index (χ2v) is 4.77. The van der Waals surface area contributed by atoms with Crippen LogP contribution in [0.15, 0.2) is 40.9 Å². The van der Waals surface area contributed by atoms with Gasteiger partial charge >= 0.3 is 11.7 Å². The van der Waals surface area contributed by atoms with Crippen LogP contribution in [0, 0.1) is 15.9 Å². The highest BCUT2D eigenvalue weighted by atomic mass is 79.9. The van der Waals surface area contributed by atoms with Gasteiger partial charge in [-0.1, -0.05) is 0 Å². The molecule has 6 nitrogen and oxygen atoms in total. The summed E-state index contributed by atoms with van der Waals surface area (Å²) in [5.74, 6) is -1.79. The van der Waals surface area contributed by atoms with E-state index in [0.717, 1.165) is 12.1 Å². The fraction of sp³-hybridized carbons (Fsp3) is 0. The Bertz CT molecular complexity index is 673. The molecule has 0 aliphatic carbocycles. The molecule has 21 heavy (non-hydrogen) atoms. The van der Waals surface area contributed by atoms with Crippen molar-refractivity contribution in [3.63, 3.8) is 0 Å². The van der Waals surface area contributed by atoms with E-state index in [1.165, 1.54) is 24.3 Å². The molecule has 0 radical (unpaired) electrons. The van der Waals surface area contributed by atoms with Gasteiger partial charge in [-0.3, -0.25) is 10.1 Å². The number of rotatable bonds is 4. The maximum Gasteiger partial charge on any atom is 0.336 e. The molecule has 0 saturated heterocycles. The van der Waals surface area contributed by atoms with Gasteiger partial charge in [0, 0.05) is 16.6 Å². The summed E-state index contributed by atoms with van der Waals surface area (Å²) in [6, 6.07) is 7.25. The first kappa shape index (κ1) is 14.9. The Balaban J connectivity index is 2.26. The molecule has 2 aromatic carbocycles. The maximum atomic E-state index is 13.4. The number of nitro groups is 1. The van der Waals surface area contributed by atoms with Crippen molar-refractivity contribution in [2.45, 2.75) is 0 Å². The van der Waals surface area contributed by atoms with Crippen LogP contribution in [0.25, 0.3) is 0 Å². The molecule has 8 heteroatoms. The summed E-state index contributed by atoms with van der Waals surface area (Å²) in [4.78, 5) is 20.5. The number of hydrogen-bond donors (Lipinski definition) is 1. The molecular formula is C13H7BrFNO5. The van der Waals surface area contributed by atoms with E-state index in [4.69, 9.17) is 9.84 Å². The number of nitrogens with zero attached hydrogens (tertiary/aromatic N) is 1. The van der Waals surface area contributed by atoms with Crippen molar-refractivity contribution in [1.29, 1.82) is 0 Å². The zero-order chi connectivity index (χ0) is 15.6. The van der Waals surface area contributed by atoms with Gasteiger partial charge in [0.05, 0.1) is 10.5 Å². The molecule has 0 atom stereocenters. The van der Waals surface area contributed by atoms with Crippen LogP contribution in [-0.4, -0.2) is 16.0 Å². The summed E-state index contributed by atoms with van der Waals surface area (Å²) < 4.78 is 19.1. The van der Waals surface area contributed by atoms with E-state index in [0.29, 0.717) is 4.47 Å². The fourth-order valence-corrected chi connectivity index (χ4v) is 2.10. The van der Waals surface area contributed by atoms with E-state index >= 15 is 0 Å². The average molecular weight is 356 g/mol. The van der Waals surface area contributed by atoms with Crippen LogP contribution in [0.3, 0.4) is 0 Å². The SMILES string of the molecule is O=C(O)c1ccc(Oc2ccc([N+](=O)[O-])c(F)c2)cc1Br. The number of ether oxygens (including phenoxy) is 1. The zero-order valence-corrected chi connectivity index (χ0v) is 11.8. The van der Waals surface area contributed by atoms with Gasteiger partial charge in [0.15, 0.2) is 0 Å². The minimum Gasteiger partial charge on any atom is -0.478 e. The third-order valence-electron chi connectivity index (χ3n) is 2.52. The van der Waals surface area contributed by atoms with Crippen LogP contribution in [0.5, 0.6) is 11.5 Å². The third kappa shape index (κ3) is 3.34. The Morgan fingerprint density at radius 1 is 1.24 bits per heavy atom. The normalized spacial score (nSPS) is 10.2. The summed E-state index contributed by atoms with van der Waals surface area (Å²) >= 11 is 3.08. The van der Waals surface area contributed by atoms with E-state index in [1.54, 1.807) is 0 Å². The van der Waals surface area contributed by atoms with Gasteiger partial charge < -0.3 is 9.84 Å². The van der Waals surface area contributed by atoms with Gasteiger partial charge in [-0.2, -0.15) is 4.39 Å². The molecule has 0 heterocycles. The largest absolute Gasteiger partial charge is 0.478 e. The third-order valence-corrected chi connectivity index (χ3v) is 3.18. The number of carboxylic acids is 1. The predicted molar refractivity (Wildman–Crippen MR) is 74.2 cm³/mol. The zero-order valence-electron chi connectivity index (χ0n) is 10.2. The first-order chi connectivity index (χ1) is 9.88. The molecule has 0 amide bonds. The predicted octanol–water partition coefficient (Wildman–Crippen LogP) is 3.99. The number of nitro benzene ring substituents is 1. The van der Waals surface area contributed by atoms with Crippen LogP contribution in [0.2, 0.25) is 0 Å². The maximum absolute atomic E-state index is 13.4. The molecule has 0 aliphatic rings. The smallest absolute Gasteiger partial charge is 0.336 e. The van der Waals surface area contributed by atoms with Gasteiger partial charge in [-0.05, 0) is 40.2 Å². The van der Waals surface area contributed by atoms with Gasteiger partial charge in [0.2, 0.25) is 5.82 Å². The molecule has 1 N–H and O–H groups in total. The van der Waals surface area contributed by atoms with Gasteiger partial charge in [0.25, 0.3) is 0 Å². The molecule has 0 aromatic heterocycles. The molecule has 0 saturated carbocycles. The second-order valence-electron chi connectivity index (χ2n) is 3.92. The Morgan fingerprint density at radius 2 is 1.86 bits per heavy atom. The molecule has 0 unspecified atom stereocenters. The highest BCUT2D eigenvalue weighted by molar-refractivity contribution is 9.10. The highest BCUT2D eigenvalue weighted by Gasteiger charge is 2.15. The van der Waals surface area contributed by atoms with Crippen molar-refractivity contribution in [2.24, 2.45) is 0 Å². The quantitative estimate of drug-likeness (QED) is 0.661. The Kier molecular flexibility index (Phi) is 4.18. The van der Waals surface area contributed by atoms with Crippen molar-refractivity contribution in [3.05, 3.63) is 62.4 Å². The van der Waals surface area contributed by atoms with Crippen LogP contribution in [0.4, 0.5) is 10.1 Å². The first-order valence-electron chi connectivity index (χ1n) is 5.53. The minimum absolute atomic E-state index is 0.0530. The van der Waals surface area contributed by atoms with Crippen LogP contribution in [0.1, 0.15) is 10.4 Å². The number of benzene rings is 2. The van der Waals surface area contributed by atoms with Crippen LogP contribution < -0.4 is 4.74 Å². The lowest BCUT2D eigenvalue weighted by molar-refractivity contribution is -0.387. The van der Waals surface area contributed by atoms with Crippen molar-refractivity contribution < 1.29 is 24.0 Å². The van der Waals surface area contributed by atoms with Crippen molar-refractivity contribution in [1.82, 2.24) is 0 Å². The van der Waals surface area contributed by atoms with E-state index < -0.39 is 22.4 Å². The number of hydrogen-bond acceptors (Lipinski definition) is 4. The number of carboxylic acid groups (broad SMARTS) is 1. The summed E-state index contributed by atoms with van der Waals surface area (Å²) in [6.07, 6.45) is 0. The molecule has 0 spiro atoms. The van der Waals surface area contributed by atoms with E-state index in [2.05, 4.69) is 15.9 Å². The van der Waals surface area contributed by atoms with E-state index in [-0.39, 0.29) is 17.1 Å². The molecule has 0 fully saturated rings. The van der Waals surface area contributed by atoms with E-state index in [1.807, 2.05) is 0 Å². The van der Waals surface area contributed by atoms with Crippen molar-refractivity contribution >= 4 is 27.6 Å². The van der Waals surface area contributed by atoms with E-state index in [9.17, 15) is 19.3 Å². The van der Waals surface area contributed by atoms with Gasteiger partial charge in [-0.25, -0.2) is 4.79 Å². The lowest BCUT2D eigenvalue weighted by Gasteiger charge is -2.07. The molecule has 0 bridgehead atoms. The lowest BCUT2D eigenvalue weighted by atomic mass is 10.2. The van der Waals surface area contributed by atoms with Gasteiger partial charge in [0.1, 0.15) is 11.5 Å². The molecular weight excluding hydrogens is 349 g/mol. The Morgan fingerprint density at radius 3 is 2.38 bits per heavy atom. The van der Waals surface area contributed by atoms with Crippen molar-refractivity contribution in [2.75, 3.05) is 0 Å². The van der Waals surface area contributed by atoms with Crippen LogP contribution >= 0.6 is 15.9 Å². The first-order valence-corrected chi connectivity index (χ1v) is 6.32. The molecule has 2 aromatic rings. The van der Waals surface area contributed by atoms with Crippen LogP contribution in [-0.2, 0) is 0 Å². The standard InChI is InChI=1S/C13H7BrFNO5/c14-10-5-7(1-3-9(10)13(17)18)21-8-2-4-12(16(19)20)11(15)6-8/h1-6H,(H,17,18). The number of carbonyl (C=O) groups is 1. The Hall–Kier alpha value is -2.48. The molecule has 2 rings (SSSR count).